The number of carbonyl (C=O) groups is 1. The van der Waals surface area contributed by atoms with Crippen molar-refractivity contribution in [3.8, 4) is 0 Å². The van der Waals surface area contributed by atoms with E-state index in [0.717, 1.165) is 32.4 Å². The van der Waals surface area contributed by atoms with Crippen LogP contribution in [0.15, 0.2) is 24.3 Å². The predicted octanol–water partition coefficient (Wildman–Crippen LogP) is 2.32. The molecule has 24 heavy (non-hydrogen) atoms. The van der Waals surface area contributed by atoms with Gasteiger partial charge < -0.3 is 16.0 Å². The molecule has 1 amide bonds. The van der Waals surface area contributed by atoms with Crippen molar-refractivity contribution in [3.05, 3.63) is 34.4 Å². The van der Waals surface area contributed by atoms with Crippen LogP contribution in [0.25, 0.3) is 0 Å². The van der Waals surface area contributed by atoms with E-state index in [4.69, 9.17) is 0 Å². The SMILES string of the molecule is Cl.O=C(CCC1CCNCC1)NCCNc1ccccc1[N+](=O)[O-]. The van der Waals surface area contributed by atoms with Crippen LogP contribution in [0.5, 0.6) is 0 Å². The summed E-state index contributed by atoms with van der Waals surface area (Å²) in [7, 11) is 0. The highest BCUT2D eigenvalue weighted by Crippen LogP contribution is 2.22. The summed E-state index contributed by atoms with van der Waals surface area (Å²) in [6.45, 7) is 3.01. The van der Waals surface area contributed by atoms with Crippen molar-refractivity contribution >= 4 is 29.7 Å². The van der Waals surface area contributed by atoms with Gasteiger partial charge in [-0.05, 0) is 44.3 Å². The number of hydrogen-bond donors (Lipinski definition) is 3. The fourth-order valence-electron chi connectivity index (χ4n) is 2.78. The molecule has 0 radical (unpaired) electrons. The van der Waals surface area contributed by atoms with Gasteiger partial charge in [0.2, 0.25) is 5.91 Å². The normalized spacial score (nSPS) is 14.5. The lowest BCUT2D eigenvalue weighted by Gasteiger charge is -2.22. The summed E-state index contributed by atoms with van der Waals surface area (Å²) in [5.74, 6) is 0.694. The molecule has 1 aliphatic rings. The lowest BCUT2D eigenvalue weighted by atomic mass is 9.93. The van der Waals surface area contributed by atoms with Gasteiger partial charge in [0.1, 0.15) is 5.69 Å². The Kier molecular flexibility index (Phi) is 9.11. The van der Waals surface area contributed by atoms with Gasteiger partial charge in [-0.15, -0.1) is 12.4 Å². The van der Waals surface area contributed by atoms with Gasteiger partial charge in [0, 0.05) is 25.6 Å². The highest BCUT2D eigenvalue weighted by Gasteiger charge is 2.14. The fraction of sp³-hybridized carbons (Fsp3) is 0.562. The molecule has 0 unspecified atom stereocenters. The van der Waals surface area contributed by atoms with Crippen LogP contribution in [-0.2, 0) is 4.79 Å². The first-order valence-corrected chi connectivity index (χ1v) is 8.11. The minimum absolute atomic E-state index is 0. The Morgan fingerprint density at radius 1 is 1.25 bits per heavy atom. The molecule has 1 aromatic carbocycles. The molecule has 0 saturated carbocycles. The zero-order valence-corrected chi connectivity index (χ0v) is 14.4. The zero-order chi connectivity index (χ0) is 16.5. The minimum atomic E-state index is -0.417. The molecule has 2 rings (SSSR count). The van der Waals surface area contributed by atoms with Crippen LogP contribution in [0.3, 0.4) is 0 Å². The van der Waals surface area contributed by atoms with E-state index >= 15 is 0 Å². The average molecular weight is 357 g/mol. The largest absolute Gasteiger partial charge is 0.378 e. The van der Waals surface area contributed by atoms with Crippen LogP contribution in [0.2, 0.25) is 0 Å². The van der Waals surface area contributed by atoms with E-state index in [0.29, 0.717) is 31.1 Å². The standard InChI is InChI=1S/C16H24N4O3.ClH/c21-16(6-5-13-7-9-17-10-8-13)19-12-11-18-14-3-1-2-4-15(14)20(22)23;/h1-4,13,17-18H,5-12H2,(H,19,21);1H. The Balaban J connectivity index is 0.00000288. The van der Waals surface area contributed by atoms with E-state index in [2.05, 4.69) is 16.0 Å². The van der Waals surface area contributed by atoms with Gasteiger partial charge in [-0.1, -0.05) is 12.1 Å². The maximum Gasteiger partial charge on any atom is 0.292 e. The molecule has 7 nitrogen and oxygen atoms in total. The second kappa shape index (κ2) is 10.8. The van der Waals surface area contributed by atoms with Crippen molar-refractivity contribution < 1.29 is 9.72 Å². The third-order valence-corrected chi connectivity index (χ3v) is 4.10. The molecule has 1 aliphatic heterocycles. The summed E-state index contributed by atoms with van der Waals surface area (Å²) in [6, 6.07) is 6.50. The van der Waals surface area contributed by atoms with Crippen molar-refractivity contribution in [1.82, 2.24) is 10.6 Å². The van der Waals surface area contributed by atoms with Gasteiger partial charge in [0.25, 0.3) is 5.69 Å². The Labute approximate surface area is 148 Å². The second-order valence-electron chi connectivity index (χ2n) is 5.78. The molecule has 134 valence electrons. The molecule has 8 heteroatoms. The van der Waals surface area contributed by atoms with E-state index in [-0.39, 0.29) is 24.0 Å². The predicted molar refractivity (Wildman–Crippen MR) is 96.7 cm³/mol. The van der Waals surface area contributed by atoms with Gasteiger partial charge in [0.15, 0.2) is 0 Å². The van der Waals surface area contributed by atoms with E-state index < -0.39 is 4.92 Å². The summed E-state index contributed by atoms with van der Waals surface area (Å²) in [5, 5.41) is 20.1. The number of para-hydroxylation sites is 2. The van der Waals surface area contributed by atoms with Crippen molar-refractivity contribution in [1.29, 1.82) is 0 Å². The molecule has 3 N–H and O–H groups in total. The quantitative estimate of drug-likeness (QED) is 0.377. The summed E-state index contributed by atoms with van der Waals surface area (Å²) >= 11 is 0. The van der Waals surface area contributed by atoms with Crippen LogP contribution >= 0.6 is 12.4 Å². The number of carbonyl (C=O) groups excluding carboxylic acids is 1. The summed E-state index contributed by atoms with van der Waals surface area (Å²) in [5.41, 5.74) is 0.520. The Hall–Kier alpha value is -1.86. The van der Waals surface area contributed by atoms with Crippen molar-refractivity contribution in [2.75, 3.05) is 31.5 Å². The fourth-order valence-corrected chi connectivity index (χ4v) is 2.78. The molecule has 1 fully saturated rings. The Morgan fingerprint density at radius 2 is 1.96 bits per heavy atom. The second-order valence-corrected chi connectivity index (χ2v) is 5.78. The van der Waals surface area contributed by atoms with Gasteiger partial charge in [0.05, 0.1) is 4.92 Å². The molecular formula is C16H25ClN4O3. The topological polar surface area (TPSA) is 96.3 Å². The number of halogens is 1. The molecule has 1 heterocycles. The maximum absolute atomic E-state index is 11.8. The van der Waals surface area contributed by atoms with Gasteiger partial charge in [-0.3, -0.25) is 14.9 Å². The number of nitro benzene ring substituents is 1. The maximum atomic E-state index is 11.8. The number of benzene rings is 1. The van der Waals surface area contributed by atoms with E-state index in [1.54, 1.807) is 18.2 Å². The number of nitrogens with one attached hydrogen (secondary N) is 3. The van der Waals surface area contributed by atoms with Gasteiger partial charge in [-0.25, -0.2) is 0 Å². The lowest BCUT2D eigenvalue weighted by molar-refractivity contribution is -0.384. The number of amides is 1. The number of anilines is 1. The summed E-state index contributed by atoms with van der Waals surface area (Å²) in [6.07, 6.45) is 3.78. The van der Waals surface area contributed by atoms with Crippen molar-refractivity contribution in [2.24, 2.45) is 5.92 Å². The van der Waals surface area contributed by atoms with Crippen LogP contribution in [0.4, 0.5) is 11.4 Å². The molecule has 1 saturated heterocycles. The molecule has 0 spiro atoms. The van der Waals surface area contributed by atoms with Crippen molar-refractivity contribution in [3.63, 3.8) is 0 Å². The van der Waals surface area contributed by atoms with E-state index in [9.17, 15) is 14.9 Å². The number of nitrogens with zero attached hydrogens (tertiary/aromatic N) is 1. The zero-order valence-electron chi connectivity index (χ0n) is 13.6. The monoisotopic (exact) mass is 356 g/mol. The Morgan fingerprint density at radius 3 is 2.67 bits per heavy atom. The first-order chi connectivity index (χ1) is 11.2. The van der Waals surface area contributed by atoms with Crippen LogP contribution in [-0.4, -0.2) is 37.0 Å². The summed E-state index contributed by atoms with van der Waals surface area (Å²) in [4.78, 5) is 22.3. The van der Waals surface area contributed by atoms with Crippen LogP contribution < -0.4 is 16.0 Å². The highest BCUT2D eigenvalue weighted by molar-refractivity contribution is 5.85. The van der Waals surface area contributed by atoms with E-state index in [1.807, 2.05) is 0 Å². The number of nitro groups is 1. The smallest absolute Gasteiger partial charge is 0.292 e. The van der Waals surface area contributed by atoms with Gasteiger partial charge >= 0.3 is 0 Å². The molecule has 0 aromatic heterocycles. The molecular weight excluding hydrogens is 332 g/mol. The van der Waals surface area contributed by atoms with Crippen LogP contribution in [0, 0.1) is 16.0 Å². The first kappa shape index (κ1) is 20.2. The molecule has 0 bridgehead atoms. The first-order valence-electron chi connectivity index (χ1n) is 8.11. The van der Waals surface area contributed by atoms with Gasteiger partial charge in [-0.2, -0.15) is 0 Å². The third-order valence-electron chi connectivity index (χ3n) is 4.10. The molecule has 0 atom stereocenters. The number of rotatable bonds is 8. The van der Waals surface area contributed by atoms with Crippen molar-refractivity contribution in [2.45, 2.75) is 25.7 Å². The van der Waals surface area contributed by atoms with Crippen LogP contribution in [0.1, 0.15) is 25.7 Å². The third kappa shape index (κ3) is 6.72. The lowest BCUT2D eigenvalue weighted by Crippen LogP contribution is -2.31. The number of piperidine rings is 1. The van der Waals surface area contributed by atoms with E-state index in [1.165, 1.54) is 6.07 Å². The minimum Gasteiger partial charge on any atom is -0.378 e. The highest BCUT2D eigenvalue weighted by atomic mass is 35.5. The average Bonchev–Trinajstić information content (AvgIpc) is 2.58. The summed E-state index contributed by atoms with van der Waals surface area (Å²) < 4.78 is 0. The number of hydrogen-bond acceptors (Lipinski definition) is 5. The molecule has 1 aromatic rings. The molecule has 0 aliphatic carbocycles. The Bertz CT molecular complexity index is 536.